The second kappa shape index (κ2) is 6.44. The van der Waals surface area contributed by atoms with Crippen molar-refractivity contribution in [3.63, 3.8) is 0 Å². The maximum absolute atomic E-state index is 6.24. The lowest BCUT2D eigenvalue weighted by Gasteiger charge is -2.24. The van der Waals surface area contributed by atoms with Crippen LogP contribution in [0.15, 0.2) is 18.2 Å². The van der Waals surface area contributed by atoms with E-state index in [0.29, 0.717) is 5.92 Å². The van der Waals surface area contributed by atoms with Crippen LogP contribution in [-0.4, -0.2) is 19.2 Å². The number of hydrogen-bond acceptors (Lipinski definition) is 2. The van der Waals surface area contributed by atoms with Crippen LogP contribution in [-0.2, 0) is 0 Å². The number of ether oxygens (including phenoxy) is 1. The van der Waals surface area contributed by atoms with Gasteiger partial charge in [0, 0.05) is 12.5 Å². The first-order valence-electron chi connectivity index (χ1n) is 6.84. The average molecular weight is 268 g/mol. The molecule has 2 atom stereocenters. The van der Waals surface area contributed by atoms with Crippen molar-refractivity contribution < 1.29 is 4.74 Å². The van der Waals surface area contributed by atoms with E-state index in [1.807, 2.05) is 19.1 Å². The maximum atomic E-state index is 6.24. The monoisotopic (exact) mass is 267 g/mol. The predicted molar refractivity (Wildman–Crippen MR) is 76.5 cm³/mol. The summed E-state index contributed by atoms with van der Waals surface area (Å²) >= 11 is 6.24. The quantitative estimate of drug-likeness (QED) is 0.876. The molecule has 0 bridgehead atoms. The van der Waals surface area contributed by atoms with E-state index in [2.05, 4.69) is 18.3 Å². The molecule has 2 nitrogen and oxygen atoms in total. The van der Waals surface area contributed by atoms with Gasteiger partial charge in [0.15, 0.2) is 0 Å². The van der Waals surface area contributed by atoms with E-state index in [1.165, 1.54) is 12.0 Å². The smallest absolute Gasteiger partial charge is 0.138 e. The molecule has 1 heterocycles. The molecule has 0 aromatic heterocycles. The van der Waals surface area contributed by atoms with Gasteiger partial charge >= 0.3 is 0 Å². The van der Waals surface area contributed by atoms with Crippen LogP contribution in [0.25, 0.3) is 0 Å². The van der Waals surface area contributed by atoms with Gasteiger partial charge in [0.1, 0.15) is 11.9 Å². The Morgan fingerprint density at radius 2 is 2.33 bits per heavy atom. The highest BCUT2D eigenvalue weighted by molar-refractivity contribution is 6.32. The van der Waals surface area contributed by atoms with Crippen LogP contribution in [0.5, 0.6) is 5.75 Å². The first kappa shape index (κ1) is 13.7. The highest BCUT2D eigenvalue weighted by Gasteiger charge is 2.26. The van der Waals surface area contributed by atoms with Crippen molar-refractivity contribution >= 4 is 11.6 Å². The Morgan fingerprint density at radius 1 is 1.50 bits per heavy atom. The van der Waals surface area contributed by atoms with Crippen molar-refractivity contribution in [1.29, 1.82) is 0 Å². The maximum Gasteiger partial charge on any atom is 0.138 e. The summed E-state index contributed by atoms with van der Waals surface area (Å²) in [5.74, 6) is 1.44. The molecular weight excluding hydrogens is 246 g/mol. The summed E-state index contributed by atoms with van der Waals surface area (Å²) < 4.78 is 6.15. The minimum atomic E-state index is 0.283. The van der Waals surface area contributed by atoms with E-state index >= 15 is 0 Å². The minimum Gasteiger partial charge on any atom is -0.489 e. The van der Waals surface area contributed by atoms with Gasteiger partial charge in [-0.05, 0) is 44.0 Å². The Hall–Kier alpha value is -0.730. The Morgan fingerprint density at radius 3 is 2.94 bits per heavy atom. The lowest BCUT2D eigenvalue weighted by Crippen LogP contribution is -2.28. The van der Waals surface area contributed by atoms with Crippen LogP contribution in [0.2, 0.25) is 5.02 Å². The van der Waals surface area contributed by atoms with E-state index in [-0.39, 0.29) is 6.10 Å². The fraction of sp³-hybridized carbons (Fsp3) is 0.600. The summed E-state index contributed by atoms with van der Waals surface area (Å²) in [6.45, 7) is 6.42. The Bertz CT molecular complexity index is 388. The second-order valence-corrected chi connectivity index (χ2v) is 5.54. The lowest BCUT2D eigenvalue weighted by atomic mass is 9.97. The number of aryl methyl sites for hydroxylation is 1. The van der Waals surface area contributed by atoms with Crippen molar-refractivity contribution in [2.45, 2.75) is 39.2 Å². The van der Waals surface area contributed by atoms with Gasteiger partial charge in [0.25, 0.3) is 0 Å². The summed E-state index contributed by atoms with van der Waals surface area (Å²) in [4.78, 5) is 0. The molecule has 0 radical (unpaired) electrons. The predicted octanol–water partition coefficient (Wildman–Crippen LogP) is 3.81. The van der Waals surface area contributed by atoms with E-state index in [9.17, 15) is 0 Å². The van der Waals surface area contributed by atoms with E-state index in [1.54, 1.807) is 0 Å². The van der Waals surface area contributed by atoms with Gasteiger partial charge in [0.05, 0.1) is 5.02 Å². The van der Waals surface area contributed by atoms with Crippen LogP contribution in [0.3, 0.4) is 0 Å². The van der Waals surface area contributed by atoms with Crippen LogP contribution >= 0.6 is 11.6 Å². The van der Waals surface area contributed by atoms with Crippen molar-refractivity contribution in [3.05, 3.63) is 28.8 Å². The fourth-order valence-corrected chi connectivity index (χ4v) is 2.81. The minimum absolute atomic E-state index is 0.283. The Kier molecular flexibility index (Phi) is 4.90. The lowest BCUT2D eigenvalue weighted by molar-refractivity contribution is 0.132. The van der Waals surface area contributed by atoms with Gasteiger partial charge in [-0.2, -0.15) is 0 Å². The zero-order valence-corrected chi connectivity index (χ0v) is 12.0. The topological polar surface area (TPSA) is 21.3 Å². The molecule has 1 N–H and O–H groups in total. The SMILES string of the molecule is CCC[C@H](Oc1ccc(C)cc1Cl)C1CCNC1. The molecular formula is C15H22ClNO. The van der Waals surface area contributed by atoms with Crippen LogP contribution in [0.1, 0.15) is 31.7 Å². The normalized spacial score (nSPS) is 20.9. The number of hydrogen-bond donors (Lipinski definition) is 1. The highest BCUT2D eigenvalue weighted by Crippen LogP contribution is 2.29. The molecule has 1 unspecified atom stereocenters. The molecule has 0 saturated carbocycles. The summed E-state index contributed by atoms with van der Waals surface area (Å²) in [5.41, 5.74) is 1.17. The fourth-order valence-electron chi connectivity index (χ4n) is 2.53. The third kappa shape index (κ3) is 3.39. The van der Waals surface area contributed by atoms with Gasteiger partial charge in [-0.15, -0.1) is 0 Å². The van der Waals surface area contributed by atoms with Gasteiger partial charge in [-0.25, -0.2) is 0 Å². The average Bonchev–Trinajstić information content (AvgIpc) is 2.85. The van der Waals surface area contributed by atoms with Crippen molar-refractivity contribution in [3.8, 4) is 5.75 Å². The molecule has 1 aliphatic rings. The summed E-state index contributed by atoms with van der Waals surface area (Å²) in [6.07, 6.45) is 3.72. The van der Waals surface area contributed by atoms with Gasteiger partial charge < -0.3 is 10.1 Å². The van der Waals surface area contributed by atoms with Crippen molar-refractivity contribution in [2.75, 3.05) is 13.1 Å². The molecule has 1 saturated heterocycles. The Balaban J connectivity index is 2.07. The van der Waals surface area contributed by atoms with E-state index in [0.717, 1.165) is 36.7 Å². The molecule has 0 spiro atoms. The molecule has 0 amide bonds. The van der Waals surface area contributed by atoms with Crippen molar-refractivity contribution in [1.82, 2.24) is 5.32 Å². The van der Waals surface area contributed by atoms with Gasteiger partial charge in [-0.1, -0.05) is 31.0 Å². The molecule has 1 fully saturated rings. The molecule has 0 aliphatic carbocycles. The summed E-state index contributed by atoms with van der Waals surface area (Å²) in [7, 11) is 0. The molecule has 1 aromatic carbocycles. The first-order chi connectivity index (χ1) is 8.70. The second-order valence-electron chi connectivity index (χ2n) is 5.13. The van der Waals surface area contributed by atoms with Gasteiger partial charge in [-0.3, -0.25) is 0 Å². The standard InChI is InChI=1S/C15H22ClNO/c1-3-4-14(12-7-8-17-10-12)18-15-6-5-11(2)9-13(15)16/h5-6,9,12,14,17H,3-4,7-8,10H2,1-2H3/t12?,14-/m0/s1. The zero-order valence-electron chi connectivity index (χ0n) is 11.2. The first-order valence-corrected chi connectivity index (χ1v) is 7.22. The molecule has 100 valence electrons. The Labute approximate surface area is 115 Å². The number of rotatable bonds is 5. The highest BCUT2D eigenvalue weighted by atomic mass is 35.5. The third-order valence-corrected chi connectivity index (χ3v) is 3.86. The van der Waals surface area contributed by atoms with Crippen LogP contribution in [0.4, 0.5) is 0 Å². The zero-order chi connectivity index (χ0) is 13.0. The number of halogens is 1. The summed E-state index contributed by atoms with van der Waals surface area (Å²) in [6, 6.07) is 6.01. The van der Waals surface area contributed by atoms with E-state index in [4.69, 9.17) is 16.3 Å². The van der Waals surface area contributed by atoms with Crippen LogP contribution < -0.4 is 10.1 Å². The largest absolute Gasteiger partial charge is 0.489 e. The molecule has 3 heteroatoms. The van der Waals surface area contributed by atoms with E-state index < -0.39 is 0 Å². The molecule has 1 aromatic rings. The van der Waals surface area contributed by atoms with Gasteiger partial charge in [0.2, 0.25) is 0 Å². The molecule has 18 heavy (non-hydrogen) atoms. The van der Waals surface area contributed by atoms with Crippen molar-refractivity contribution in [2.24, 2.45) is 5.92 Å². The summed E-state index contributed by atoms with van der Waals surface area (Å²) in [5, 5.41) is 4.13. The number of benzene rings is 1. The van der Waals surface area contributed by atoms with Crippen LogP contribution in [0, 0.1) is 12.8 Å². The molecule has 1 aliphatic heterocycles. The molecule has 2 rings (SSSR count). The third-order valence-electron chi connectivity index (χ3n) is 3.56. The number of nitrogens with one attached hydrogen (secondary N) is 1.